The summed E-state index contributed by atoms with van der Waals surface area (Å²) in [5.41, 5.74) is 1.86. The van der Waals surface area contributed by atoms with E-state index in [-0.39, 0.29) is 17.2 Å². The summed E-state index contributed by atoms with van der Waals surface area (Å²) in [7, 11) is 0. The van der Waals surface area contributed by atoms with Gasteiger partial charge in [-0.3, -0.25) is 5.41 Å². The molecule has 7 heteroatoms. The number of nitriles is 1. The van der Waals surface area contributed by atoms with E-state index in [2.05, 4.69) is 6.07 Å². The quantitative estimate of drug-likeness (QED) is 0.375. The van der Waals surface area contributed by atoms with E-state index < -0.39 is 17.5 Å². The van der Waals surface area contributed by atoms with E-state index in [9.17, 15) is 10.1 Å². The van der Waals surface area contributed by atoms with Crippen molar-refractivity contribution >= 4 is 28.5 Å². The van der Waals surface area contributed by atoms with Crippen LogP contribution in [0.2, 0.25) is 5.02 Å². The van der Waals surface area contributed by atoms with Gasteiger partial charge in [-0.05, 0) is 29.8 Å². The Kier molecular flexibility index (Phi) is 4.96. The fourth-order valence-electron chi connectivity index (χ4n) is 4.13. The molecule has 2 atom stereocenters. The van der Waals surface area contributed by atoms with E-state index in [1.807, 2.05) is 59.4 Å². The zero-order valence-corrected chi connectivity index (χ0v) is 17.5. The van der Waals surface area contributed by atoms with Gasteiger partial charge in [0.15, 0.2) is 24.7 Å². The number of hydrogen-bond donors (Lipinski definition) is 1. The molecule has 3 heterocycles. The van der Waals surface area contributed by atoms with Gasteiger partial charge in [-0.1, -0.05) is 35.9 Å². The van der Waals surface area contributed by atoms with Crippen LogP contribution in [0, 0.1) is 22.7 Å². The zero-order chi connectivity index (χ0) is 22.2. The second kappa shape index (κ2) is 7.95. The molecule has 1 aliphatic heterocycles. The molecular weight excluding hydrogens is 426 g/mol. The summed E-state index contributed by atoms with van der Waals surface area (Å²) in [6.07, 6.45) is 3.76. The fraction of sp³-hybridized carbons (Fsp3) is 0.120. The van der Waals surface area contributed by atoms with Crippen LogP contribution in [0.1, 0.15) is 22.6 Å². The highest BCUT2D eigenvalue weighted by Crippen LogP contribution is 2.43. The SMILES string of the molecule is N#CC1C(=N)Oc2c(c(=O)oc3ccccc23)C1c1cc[n+](Cc2cccc(Cl)c2)cc1. The predicted octanol–water partition coefficient (Wildman–Crippen LogP) is 4.42. The number of pyridine rings is 1. The van der Waals surface area contributed by atoms with Crippen molar-refractivity contribution < 1.29 is 13.7 Å². The highest BCUT2D eigenvalue weighted by Gasteiger charge is 2.41. The van der Waals surface area contributed by atoms with E-state index in [1.54, 1.807) is 18.2 Å². The molecule has 6 nitrogen and oxygen atoms in total. The van der Waals surface area contributed by atoms with Crippen molar-refractivity contribution in [3.8, 4) is 11.8 Å². The molecule has 0 spiro atoms. The highest BCUT2D eigenvalue weighted by molar-refractivity contribution is 6.30. The van der Waals surface area contributed by atoms with Gasteiger partial charge < -0.3 is 9.15 Å². The van der Waals surface area contributed by atoms with E-state index in [4.69, 9.17) is 26.2 Å². The molecule has 0 aliphatic carbocycles. The van der Waals surface area contributed by atoms with Crippen LogP contribution in [0.25, 0.3) is 11.0 Å². The third-order valence-corrected chi connectivity index (χ3v) is 5.84. The van der Waals surface area contributed by atoms with Crippen LogP contribution in [0.15, 0.2) is 82.3 Å². The molecule has 0 saturated heterocycles. The number of nitrogens with one attached hydrogen (secondary N) is 1. The second-order valence-electron chi connectivity index (χ2n) is 7.61. The smallest absolute Gasteiger partial charge is 0.343 e. The number of hydrogen-bond acceptors (Lipinski definition) is 5. The average Bonchev–Trinajstić information content (AvgIpc) is 2.79. The zero-order valence-electron chi connectivity index (χ0n) is 16.8. The molecule has 0 fully saturated rings. The summed E-state index contributed by atoms with van der Waals surface area (Å²) >= 11 is 6.08. The van der Waals surface area contributed by atoms with E-state index >= 15 is 0 Å². The Morgan fingerprint density at radius 3 is 2.62 bits per heavy atom. The van der Waals surface area contributed by atoms with Gasteiger partial charge in [0.05, 0.1) is 17.0 Å². The first-order valence-corrected chi connectivity index (χ1v) is 10.4. The Balaban J connectivity index is 1.59. The van der Waals surface area contributed by atoms with Crippen LogP contribution in [0.5, 0.6) is 5.75 Å². The normalized spacial score (nSPS) is 17.4. The van der Waals surface area contributed by atoms with Crippen molar-refractivity contribution in [2.45, 2.75) is 12.5 Å². The molecule has 0 radical (unpaired) electrons. The van der Waals surface area contributed by atoms with Crippen LogP contribution in [-0.2, 0) is 6.54 Å². The first kappa shape index (κ1) is 20.0. The predicted molar refractivity (Wildman–Crippen MR) is 119 cm³/mol. The maximum Gasteiger partial charge on any atom is 0.343 e. The minimum Gasteiger partial charge on any atom is -0.441 e. The molecule has 0 bridgehead atoms. The molecule has 2 unspecified atom stereocenters. The molecule has 4 aromatic rings. The maximum absolute atomic E-state index is 12.9. The first-order valence-electron chi connectivity index (χ1n) is 10.0. The van der Waals surface area contributed by atoms with Crippen LogP contribution in [0.4, 0.5) is 0 Å². The summed E-state index contributed by atoms with van der Waals surface area (Å²) in [5.74, 6) is -1.50. The number of benzene rings is 2. The molecule has 0 amide bonds. The first-order chi connectivity index (χ1) is 15.5. The Bertz CT molecular complexity index is 1450. The molecule has 0 saturated carbocycles. The van der Waals surface area contributed by atoms with Crippen LogP contribution in [0.3, 0.4) is 0 Å². The molecular formula is C25H17ClN3O3+. The Labute approximate surface area is 188 Å². The molecule has 1 aliphatic rings. The fourth-order valence-corrected chi connectivity index (χ4v) is 4.34. The number of nitrogens with zero attached hydrogens (tertiary/aromatic N) is 2. The van der Waals surface area contributed by atoms with Gasteiger partial charge >= 0.3 is 5.63 Å². The van der Waals surface area contributed by atoms with Crippen molar-refractivity contribution in [3.63, 3.8) is 0 Å². The number of rotatable bonds is 3. The van der Waals surface area contributed by atoms with Gasteiger partial charge in [-0.25, -0.2) is 9.36 Å². The lowest BCUT2D eigenvalue weighted by Gasteiger charge is -2.29. The number of ether oxygens (including phenoxy) is 1. The number of fused-ring (bicyclic) bond motifs is 3. The third kappa shape index (κ3) is 3.43. The number of aromatic nitrogens is 1. The van der Waals surface area contributed by atoms with E-state index in [0.717, 1.165) is 11.1 Å². The van der Waals surface area contributed by atoms with Crippen molar-refractivity contribution in [3.05, 3.63) is 105 Å². The van der Waals surface area contributed by atoms with Gasteiger partial charge in [-0.2, -0.15) is 5.26 Å². The largest absolute Gasteiger partial charge is 0.441 e. The molecule has 1 N–H and O–H groups in total. The van der Waals surface area contributed by atoms with E-state index in [1.165, 1.54) is 0 Å². The van der Waals surface area contributed by atoms with Crippen LogP contribution >= 0.6 is 11.6 Å². The lowest BCUT2D eigenvalue weighted by atomic mass is 9.79. The summed E-state index contributed by atoms with van der Waals surface area (Å²) in [4.78, 5) is 12.9. The van der Waals surface area contributed by atoms with Gasteiger partial charge in [0.25, 0.3) is 0 Å². The minimum atomic E-state index is -0.935. The van der Waals surface area contributed by atoms with Crippen molar-refractivity contribution in [1.82, 2.24) is 0 Å². The van der Waals surface area contributed by atoms with Crippen molar-refractivity contribution in [2.24, 2.45) is 5.92 Å². The van der Waals surface area contributed by atoms with Gasteiger partial charge in [-0.15, -0.1) is 0 Å². The lowest BCUT2D eigenvalue weighted by Crippen LogP contribution is -2.36. The molecule has 2 aromatic heterocycles. The molecule has 5 rings (SSSR count). The minimum absolute atomic E-state index is 0.184. The standard InChI is InChI=1S/C25H17ClN3O3/c26-17-5-3-4-15(12-17)14-29-10-8-16(9-11-29)21-19(13-27)24(28)32-23-18-6-1-2-7-20(18)31-25(30)22(21)23/h1-12,19,21,28H,14H2/q+1. The van der Waals surface area contributed by atoms with Gasteiger partial charge in [0.1, 0.15) is 11.5 Å². The van der Waals surface area contributed by atoms with E-state index in [0.29, 0.717) is 22.5 Å². The summed E-state index contributed by atoms with van der Waals surface area (Å²) in [5, 5.41) is 19.4. The Morgan fingerprint density at radius 1 is 1.09 bits per heavy atom. The lowest BCUT2D eigenvalue weighted by molar-refractivity contribution is -0.688. The molecule has 156 valence electrons. The molecule has 32 heavy (non-hydrogen) atoms. The van der Waals surface area contributed by atoms with Crippen molar-refractivity contribution in [2.75, 3.05) is 0 Å². The summed E-state index contributed by atoms with van der Waals surface area (Å²) in [6, 6.07) is 20.5. The molecule has 2 aromatic carbocycles. The van der Waals surface area contributed by atoms with Crippen molar-refractivity contribution in [1.29, 1.82) is 10.7 Å². The monoisotopic (exact) mass is 442 g/mol. The average molecular weight is 443 g/mol. The van der Waals surface area contributed by atoms with Crippen LogP contribution in [-0.4, -0.2) is 5.90 Å². The highest BCUT2D eigenvalue weighted by atomic mass is 35.5. The number of para-hydroxylation sites is 1. The summed E-state index contributed by atoms with van der Waals surface area (Å²) < 4.78 is 13.2. The summed E-state index contributed by atoms with van der Waals surface area (Å²) in [6.45, 7) is 0.621. The third-order valence-electron chi connectivity index (χ3n) is 5.61. The Morgan fingerprint density at radius 2 is 1.88 bits per heavy atom. The maximum atomic E-state index is 12.9. The topological polar surface area (TPSA) is 91.0 Å². The Hall–Kier alpha value is -3.95. The number of halogens is 1. The van der Waals surface area contributed by atoms with Crippen LogP contribution < -0.4 is 14.9 Å². The van der Waals surface area contributed by atoms with Gasteiger partial charge in [0, 0.05) is 28.6 Å². The second-order valence-corrected chi connectivity index (χ2v) is 8.05. The van der Waals surface area contributed by atoms with Gasteiger partial charge in [0.2, 0.25) is 5.90 Å².